The van der Waals surface area contributed by atoms with Crippen molar-refractivity contribution in [2.24, 2.45) is 9.50 Å². The van der Waals surface area contributed by atoms with Crippen LogP contribution in [0, 0.1) is 11.3 Å². The third-order valence-corrected chi connectivity index (χ3v) is 5.60. The quantitative estimate of drug-likeness (QED) is 0.553. The summed E-state index contributed by atoms with van der Waals surface area (Å²) < 4.78 is 33.8. The van der Waals surface area contributed by atoms with Crippen LogP contribution in [0.1, 0.15) is 24.5 Å². The van der Waals surface area contributed by atoms with Crippen molar-refractivity contribution in [1.82, 2.24) is 5.01 Å². The fourth-order valence-corrected chi connectivity index (χ4v) is 4.14. The van der Waals surface area contributed by atoms with Crippen molar-refractivity contribution >= 4 is 33.7 Å². The molecule has 0 saturated carbocycles. The van der Waals surface area contributed by atoms with E-state index in [1.807, 2.05) is 6.07 Å². The van der Waals surface area contributed by atoms with Crippen LogP contribution in [0.3, 0.4) is 0 Å². The summed E-state index contributed by atoms with van der Waals surface area (Å²) in [6.45, 7) is 2.25. The predicted molar refractivity (Wildman–Crippen MR) is 109 cm³/mol. The normalized spacial score (nSPS) is 14.3. The molecular weight excluding hydrogens is 416 g/mol. The van der Waals surface area contributed by atoms with E-state index in [2.05, 4.69) is 9.50 Å². The first-order valence-electron chi connectivity index (χ1n) is 8.65. The number of hydrazone groups is 1. The maximum atomic E-state index is 12.3. The third kappa shape index (κ3) is 4.34. The average Bonchev–Trinajstić information content (AvgIpc) is 2.97. The first-order chi connectivity index (χ1) is 13.9. The lowest BCUT2D eigenvalue weighted by atomic mass is 10.2. The Balaban J connectivity index is 1.99. The molecule has 0 atom stereocenters. The molecule has 0 radical (unpaired) electrons. The van der Waals surface area contributed by atoms with Gasteiger partial charge in [0.05, 0.1) is 36.9 Å². The van der Waals surface area contributed by atoms with Gasteiger partial charge in [-0.1, -0.05) is 23.7 Å². The summed E-state index contributed by atoms with van der Waals surface area (Å²) in [4.78, 5) is 0.0958. The Morgan fingerprint density at radius 1 is 1.38 bits per heavy atom. The van der Waals surface area contributed by atoms with Crippen LogP contribution in [-0.2, 0) is 10.0 Å². The minimum atomic E-state index is -3.82. The van der Waals surface area contributed by atoms with E-state index in [0.717, 1.165) is 0 Å². The van der Waals surface area contributed by atoms with E-state index in [1.54, 1.807) is 31.2 Å². The number of benzene rings is 2. The van der Waals surface area contributed by atoms with E-state index < -0.39 is 10.0 Å². The Labute approximate surface area is 173 Å². The molecule has 1 aliphatic rings. The minimum Gasteiger partial charge on any atom is -0.503 e. The van der Waals surface area contributed by atoms with Crippen molar-refractivity contribution in [3.63, 3.8) is 0 Å². The Hall–Kier alpha value is -3.09. The van der Waals surface area contributed by atoms with Gasteiger partial charge < -0.3 is 9.84 Å². The largest absolute Gasteiger partial charge is 0.503 e. The number of phenolic OH excluding ortho intramolecular Hbond substituents is 1. The Kier molecular flexibility index (Phi) is 6.06. The number of nitriles is 1. The smallest absolute Gasteiger partial charge is 0.285 e. The maximum absolute atomic E-state index is 12.3. The summed E-state index contributed by atoms with van der Waals surface area (Å²) in [6.07, 6.45) is 1.54. The van der Waals surface area contributed by atoms with Crippen molar-refractivity contribution < 1.29 is 18.3 Å². The highest BCUT2D eigenvalue weighted by Crippen LogP contribution is 2.35. The van der Waals surface area contributed by atoms with Crippen molar-refractivity contribution in [3.05, 3.63) is 52.5 Å². The maximum Gasteiger partial charge on any atom is 0.285 e. The SMILES string of the molecule is CCOc1cc(/C=N\N(CCC#N)C2=NS(=O)(=O)c3ccccc32)cc(Cl)c1O. The summed E-state index contributed by atoms with van der Waals surface area (Å²) in [5.74, 6) is 0.172. The topological polar surface area (TPSA) is 115 Å². The molecule has 0 amide bonds. The minimum absolute atomic E-state index is 0.0899. The van der Waals surface area contributed by atoms with Gasteiger partial charge in [-0.3, -0.25) is 0 Å². The van der Waals surface area contributed by atoms with Crippen LogP contribution in [0.25, 0.3) is 0 Å². The first-order valence-corrected chi connectivity index (χ1v) is 10.5. The molecule has 0 spiro atoms. The van der Waals surface area contributed by atoms with Crippen molar-refractivity contribution in [2.45, 2.75) is 18.2 Å². The summed E-state index contributed by atoms with van der Waals surface area (Å²) in [5.41, 5.74) is 0.939. The number of aromatic hydroxyl groups is 1. The number of hydrogen-bond donors (Lipinski definition) is 1. The van der Waals surface area contributed by atoms with Gasteiger partial charge >= 0.3 is 0 Å². The van der Waals surface area contributed by atoms with Gasteiger partial charge in [0.1, 0.15) is 4.90 Å². The van der Waals surface area contributed by atoms with E-state index in [9.17, 15) is 13.5 Å². The van der Waals surface area contributed by atoms with Gasteiger partial charge in [-0.05, 0) is 36.8 Å². The molecule has 10 heteroatoms. The highest BCUT2D eigenvalue weighted by Gasteiger charge is 2.31. The molecule has 3 rings (SSSR count). The van der Waals surface area contributed by atoms with Gasteiger partial charge in [0.25, 0.3) is 10.0 Å². The fraction of sp³-hybridized carbons (Fsp3) is 0.211. The number of sulfonamides is 1. The van der Waals surface area contributed by atoms with E-state index in [1.165, 1.54) is 23.4 Å². The van der Waals surface area contributed by atoms with Gasteiger partial charge in [-0.2, -0.15) is 18.8 Å². The number of fused-ring (bicyclic) bond motifs is 1. The molecule has 29 heavy (non-hydrogen) atoms. The van der Waals surface area contributed by atoms with Crippen LogP contribution in [0.4, 0.5) is 0 Å². The van der Waals surface area contributed by atoms with Gasteiger partial charge in [-0.25, -0.2) is 5.01 Å². The van der Waals surface area contributed by atoms with Crippen LogP contribution in [0.2, 0.25) is 5.02 Å². The number of nitrogens with zero attached hydrogens (tertiary/aromatic N) is 4. The molecule has 1 N–H and O–H groups in total. The van der Waals surface area contributed by atoms with E-state index in [-0.39, 0.29) is 40.2 Å². The zero-order valence-electron chi connectivity index (χ0n) is 15.4. The molecular formula is C19H17ClN4O4S. The highest BCUT2D eigenvalue weighted by atomic mass is 35.5. The average molecular weight is 433 g/mol. The molecule has 1 aliphatic heterocycles. The molecule has 0 fully saturated rings. The summed E-state index contributed by atoms with van der Waals surface area (Å²) in [5, 5.41) is 24.7. The summed E-state index contributed by atoms with van der Waals surface area (Å²) >= 11 is 6.03. The predicted octanol–water partition coefficient (Wildman–Crippen LogP) is 3.14. The second-order valence-corrected chi connectivity index (χ2v) is 7.92. The van der Waals surface area contributed by atoms with Crippen LogP contribution in [0.15, 0.2) is 50.8 Å². The Bertz CT molecular complexity index is 1140. The lowest BCUT2D eigenvalue weighted by molar-refractivity contribution is 0.318. The van der Waals surface area contributed by atoms with Crippen molar-refractivity contribution in [3.8, 4) is 17.6 Å². The standard InChI is InChI=1S/C19H17ClN4O4S/c1-2-28-16-11-13(10-15(20)18(16)25)12-22-24(9-5-8-21)19-14-6-3-4-7-17(14)29(26,27)23-19/h3-4,6-7,10-12,25H,2,5,9H2,1H3/b22-12-. The first kappa shape index (κ1) is 20.6. The molecule has 0 unspecified atom stereocenters. The second-order valence-electron chi connectivity index (χ2n) is 5.94. The molecule has 2 aromatic rings. The molecule has 1 heterocycles. The van der Waals surface area contributed by atoms with Crippen LogP contribution in [-0.4, -0.2) is 43.7 Å². The van der Waals surface area contributed by atoms with Crippen LogP contribution in [0.5, 0.6) is 11.5 Å². The molecule has 150 valence electrons. The number of ether oxygens (including phenoxy) is 1. The highest BCUT2D eigenvalue weighted by molar-refractivity contribution is 7.90. The van der Waals surface area contributed by atoms with Crippen LogP contribution >= 0.6 is 11.6 Å². The van der Waals surface area contributed by atoms with E-state index in [4.69, 9.17) is 21.6 Å². The molecule has 0 saturated heterocycles. The number of phenols is 1. The fourth-order valence-electron chi connectivity index (χ4n) is 2.72. The van der Waals surface area contributed by atoms with E-state index in [0.29, 0.717) is 17.7 Å². The summed E-state index contributed by atoms with van der Waals surface area (Å²) in [7, 11) is -3.82. The lowest BCUT2D eigenvalue weighted by Gasteiger charge is -2.17. The van der Waals surface area contributed by atoms with Crippen molar-refractivity contribution in [2.75, 3.05) is 13.2 Å². The van der Waals surface area contributed by atoms with Gasteiger partial charge in [0, 0.05) is 5.56 Å². The Morgan fingerprint density at radius 3 is 2.86 bits per heavy atom. The Morgan fingerprint density at radius 2 is 2.14 bits per heavy atom. The van der Waals surface area contributed by atoms with Gasteiger partial charge in [-0.15, -0.1) is 4.40 Å². The number of amidine groups is 1. The summed E-state index contributed by atoms with van der Waals surface area (Å²) in [6, 6.07) is 11.5. The van der Waals surface area contributed by atoms with Gasteiger partial charge in [0.15, 0.2) is 17.3 Å². The lowest BCUT2D eigenvalue weighted by Crippen LogP contribution is -2.27. The van der Waals surface area contributed by atoms with Crippen LogP contribution < -0.4 is 4.74 Å². The molecule has 8 nitrogen and oxygen atoms in total. The number of halogens is 1. The van der Waals surface area contributed by atoms with Crippen molar-refractivity contribution in [1.29, 1.82) is 5.26 Å². The zero-order valence-corrected chi connectivity index (χ0v) is 17.0. The molecule has 0 aliphatic carbocycles. The molecule has 2 aromatic carbocycles. The van der Waals surface area contributed by atoms with Gasteiger partial charge in [0.2, 0.25) is 0 Å². The van der Waals surface area contributed by atoms with E-state index >= 15 is 0 Å². The zero-order chi connectivity index (χ0) is 21.0. The second kappa shape index (κ2) is 8.51. The molecule has 0 aromatic heterocycles. The number of rotatable bonds is 6. The molecule has 0 bridgehead atoms. The number of hydrogen-bond acceptors (Lipinski definition) is 7. The third-order valence-electron chi connectivity index (χ3n) is 3.99. The monoisotopic (exact) mass is 432 g/mol.